The second-order valence-electron chi connectivity index (χ2n) is 10.3. The number of hydrogen-bond donors (Lipinski definition) is 1. The Morgan fingerprint density at radius 2 is 1.05 bits per heavy atom. The molecule has 0 spiro atoms. The molecule has 0 bridgehead atoms. The van der Waals surface area contributed by atoms with Gasteiger partial charge in [0.25, 0.3) is 16.5 Å². The zero-order chi connectivity index (χ0) is 41.7. The molecule has 4 radical (unpaired) electrons. The van der Waals surface area contributed by atoms with Crippen molar-refractivity contribution in [3.05, 3.63) is 151 Å². The van der Waals surface area contributed by atoms with Crippen molar-refractivity contribution >= 4 is 98.7 Å². The summed E-state index contributed by atoms with van der Waals surface area (Å²) in [5.74, 6) is 3.17. The smallest absolute Gasteiger partial charge is 0 e. The van der Waals surface area contributed by atoms with Crippen LogP contribution < -0.4 is 27.2 Å². The number of thioether (sulfide) groups is 1. The maximum Gasteiger partial charge on any atom is 0 e. The molecule has 5 aromatic rings. The number of rotatable bonds is 14. The van der Waals surface area contributed by atoms with E-state index in [1.165, 1.54) is 46.9 Å². The van der Waals surface area contributed by atoms with E-state index in [2.05, 4.69) is 92.7 Å². The minimum atomic E-state index is -3.63. The quantitative estimate of drug-likeness (QED) is 0.0392. The number of benzene rings is 5. The summed E-state index contributed by atoms with van der Waals surface area (Å²) < 4.78 is 49.4. The summed E-state index contributed by atoms with van der Waals surface area (Å²) in [6.45, 7) is 7.91. The van der Waals surface area contributed by atoms with Crippen molar-refractivity contribution in [3.63, 3.8) is 0 Å². The molecule has 58 heavy (non-hydrogen) atoms. The average Bonchev–Trinajstić information content (AvgIpc) is 3.23. The standard InChI is InChI=1S/C15H16BOS.C8H9BClO3S.C8H9BO.C6H4F.C2H6BO.I3.2W/c1-2-16-17-14-8-10-15(11-9-14)18-12-13-6-4-3-5-7-13;1-2-9-13-7-3-5-8(6-4-7)14(10,11)12;1-2-9-10-8-6-4-3-5-7-8;7-6-4-2-1-3-5-6;1-2-3-4;1-3-2;;/h3-11H,2,12H2,1H3;3-6H,2H2,1H3;4-7H,2H2,1H3;2-5H;4H,2H2,1H3;;;/q;;2*-1;;-1;;. The molecule has 5 aromatic carbocycles. The van der Waals surface area contributed by atoms with Crippen LogP contribution in [-0.4, -0.2) is 43.4 Å². The topological polar surface area (TPSA) is 82.1 Å². The Morgan fingerprint density at radius 3 is 1.40 bits per heavy atom. The van der Waals surface area contributed by atoms with Crippen LogP contribution in [0.1, 0.15) is 33.3 Å². The van der Waals surface area contributed by atoms with Gasteiger partial charge in [-0.25, -0.2) is 12.8 Å². The Hall–Kier alpha value is -0.194. The third-order valence-electron chi connectivity index (χ3n) is 5.88. The number of hydrogen-bond acceptors (Lipinski definition) is 7. The summed E-state index contributed by atoms with van der Waals surface area (Å²) in [6.07, 6.45) is 3.39. The molecule has 0 fully saturated rings. The van der Waals surface area contributed by atoms with E-state index in [1.807, 2.05) is 82.5 Å². The minimum absolute atomic E-state index is 0. The Kier molecular flexibility index (Phi) is 46.5. The Balaban J connectivity index is -0.000000677. The van der Waals surface area contributed by atoms with Crippen molar-refractivity contribution in [2.24, 2.45) is 0 Å². The van der Waals surface area contributed by atoms with Crippen LogP contribution >= 0.6 is 59.7 Å². The molecule has 0 aliphatic carbocycles. The van der Waals surface area contributed by atoms with E-state index in [0.29, 0.717) is 19.0 Å². The van der Waals surface area contributed by atoms with E-state index >= 15 is 0 Å². The first-order valence-corrected chi connectivity index (χ1v) is 33.1. The summed E-state index contributed by atoms with van der Waals surface area (Å²) in [5.41, 5.74) is 1.35. The molecule has 0 aliphatic rings. The van der Waals surface area contributed by atoms with E-state index in [0.717, 1.165) is 50.0 Å². The van der Waals surface area contributed by atoms with Gasteiger partial charge in [-0.15, -0.1) is 36.0 Å². The molecule has 6 nitrogen and oxygen atoms in total. The molecule has 0 amide bonds. The Morgan fingerprint density at radius 1 is 0.672 bits per heavy atom. The fourth-order valence-electron chi connectivity index (χ4n) is 3.39. The first-order valence-electron chi connectivity index (χ1n) is 17.2. The van der Waals surface area contributed by atoms with Crippen LogP contribution in [0.5, 0.6) is 17.2 Å². The largest absolute Gasteiger partial charge is 0 e. The van der Waals surface area contributed by atoms with Crippen molar-refractivity contribution in [1.29, 1.82) is 0 Å². The van der Waals surface area contributed by atoms with Crippen LogP contribution in [0.2, 0.25) is 25.3 Å². The average molecular weight is 1520 g/mol. The Bertz CT molecular complexity index is 1730. The molecule has 5 rings (SSSR count). The van der Waals surface area contributed by atoms with Gasteiger partial charge in [0.05, 0.1) is 16.4 Å². The SMILES string of the molecule is CC[B]O.CC[B]Oc1cc[c-]cc1.CC[B]Oc1ccc(S(=O)(=O)Cl)cc1.CC[B]Oc1ccc(SCc2ccccc2)cc1.Fc1cc[c-]cc1.I[I-]I.[W].[W]. The van der Waals surface area contributed by atoms with Crippen molar-refractivity contribution in [1.82, 2.24) is 0 Å². The normalized spacial score (nSPS) is 9.19. The first-order chi connectivity index (χ1) is 27.1. The van der Waals surface area contributed by atoms with Gasteiger partial charge in [-0.3, -0.25) is 0 Å². The zero-order valence-corrected chi connectivity index (χ0v) is 47.2. The second-order valence-corrected chi connectivity index (χ2v) is 30.2. The van der Waals surface area contributed by atoms with Crippen LogP contribution in [0, 0.1) is 17.9 Å². The van der Waals surface area contributed by atoms with E-state index in [4.69, 9.17) is 29.7 Å². The van der Waals surface area contributed by atoms with Gasteiger partial charge in [0.15, 0.2) is 0 Å². The van der Waals surface area contributed by atoms with Crippen molar-refractivity contribution < 1.29 is 87.2 Å². The van der Waals surface area contributed by atoms with Crippen LogP contribution in [0.15, 0.2) is 137 Å². The predicted molar refractivity (Wildman–Crippen MR) is 250 cm³/mol. The van der Waals surface area contributed by atoms with E-state index in [-0.39, 0.29) is 52.8 Å². The van der Waals surface area contributed by atoms with Crippen LogP contribution in [0.4, 0.5) is 4.39 Å². The molecule has 0 aliphatic heterocycles. The van der Waals surface area contributed by atoms with E-state index < -0.39 is 9.05 Å². The molecule has 0 saturated heterocycles. The van der Waals surface area contributed by atoms with Gasteiger partial charge in [-0.2, -0.15) is 36.4 Å². The van der Waals surface area contributed by atoms with Gasteiger partial charge in [0, 0.05) is 69.3 Å². The molecule has 310 valence electrons. The summed E-state index contributed by atoms with van der Waals surface area (Å²) in [7, 11) is 7.84. The fraction of sp³-hybridized carbons (Fsp3) is 0.231. The fourth-order valence-corrected chi connectivity index (χ4v) is 5.02. The molecule has 1 N–H and O–H groups in total. The third-order valence-corrected chi connectivity index (χ3v) is 8.34. The van der Waals surface area contributed by atoms with Crippen molar-refractivity contribution in [2.45, 2.75) is 68.5 Å². The first kappa shape index (κ1) is 62.1. The molecule has 19 heteroatoms. The van der Waals surface area contributed by atoms with Crippen molar-refractivity contribution in [2.75, 3.05) is 0 Å². The summed E-state index contributed by atoms with van der Waals surface area (Å²) in [5, 5.41) is 7.75. The van der Waals surface area contributed by atoms with E-state index in [1.54, 1.807) is 27.1 Å². The maximum absolute atomic E-state index is 11.9. The molecule has 0 saturated carbocycles. The molecule has 0 atom stereocenters. The van der Waals surface area contributed by atoms with Crippen LogP contribution in [0.3, 0.4) is 0 Å². The molecule has 0 heterocycles. The third kappa shape index (κ3) is 36.5. The second kappa shape index (κ2) is 43.5. The van der Waals surface area contributed by atoms with E-state index in [9.17, 15) is 12.8 Å². The summed E-state index contributed by atoms with van der Waals surface area (Å²) in [4.78, 5) is 1.34. The molecule has 0 aromatic heterocycles. The van der Waals surface area contributed by atoms with Crippen molar-refractivity contribution in [3.8, 4) is 17.2 Å². The minimum Gasteiger partial charge on any atom is 0 e. The summed E-state index contributed by atoms with van der Waals surface area (Å²) >= 11 is 7.14. The molecular formula is C39H44B4ClFI3O6S2W2-3. The van der Waals surface area contributed by atoms with Gasteiger partial charge in [0.1, 0.15) is 0 Å². The van der Waals surface area contributed by atoms with Gasteiger partial charge in [0.2, 0.25) is 0 Å². The molecule has 0 unspecified atom stereocenters. The van der Waals surface area contributed by atoms with Crippen LogP contribution in [0.25, 0.3) is 0 Å². The van der Waals surface area contributed by atoms with Gasteiger partial charge in [-0.05, 0) is 78.8 Å². The zero-order valence-electron chi connectivity index (χ0n) is 32.5. The van der Waals surface area contributed by atoms with Gasteiger partial charge < -0.3 is 19.0 Å². The molecular weight excluding hydrogens is 1470 g/mol. The van der Waals surface area contributed by atoms with Gasteiger partial charge in [-0.1, -0.05) is 64.3 Å². The maximum atomic E-state index is 11.9. The Labute approximate surface area is 417 Å². The monoisotopic (exact) mass is 1520 g/mol. The van der Waals surface area contributed by atoms with Crippen LogP contribution in [-0.2, 0) is 56.9 Å². The number of halogens is 5. The summed E-state index contributed by atoms with van der Waals surface area (Å²) in [6, 6.07) is 43.5. The predicted octanol–water partition coefficient (Wildman–Crippen LogP) is 8.82. The van der Waals surface area contributed by atoms with Gasteiger partial charge >= 0.3 is 72.9 Å².